The molecule has 31 heavy (non-hydrogen) atoms. The summed E-state index contributed by atoms with van der Waals surface area (Å²) in [7, 11) is 0. The first-order valence-corrected chi connectivity index (χ1v) is 10.8. The van der Waals surface area contributed by atoms with E-state index in [1.54, 1.807) is 29.7 Å². The minimum atomic E-state index is -0.440. The zero-order chi connectivity index (χ0) is 21.5. The third-order valence-corrected chi connectivity index (χ3v) is 5.95. The van der Waals surface area contributed by atoms with Gasteiger partial charge in [0.25, 0.3) is 5.91 Å². The molecule has 5 rings (SSSR count). The van der Waals surface area contributed by atoms with Gasteiger partial charge < -0.3 is 9.88 Å². The zero-order valence-corrected chi connectivity index (χ0v) is 17.8. The van der Waals surface area contributed by atoms with E-state index >= 15 is 0 Å². The Morgan fingerprint density at radius 3 is 2.65 bits per heavy atom. The molecule has 1 amide bonds. The van der Waals surface area contributed by atoms with Gasteiger partial charge in [-0.2, -0.15) is 0 Å². The van der Waals surface area contributed by atoms with Crippen molar-refractivity contribution in [2.75, 3.05) is 5.32 Å². The van der Waals surface area contributed by atoms with Crippen LogP contribution in [0.15, 0.2) is 65.2 Å². The Hall–Kier alpha value is -3.78. The van der Waals surface area contributed by atoms with Crippen LogP contribution < -0.4 is 10.7 Å². The van der Waals surface area contributed by atoms with E-state index in [0.29, 0.717) is 23.3 Å². The van der Waals surface area contributed by atoms with Crippen molar-refractivity contribution in [2.24, 2.45) is 0 Å². The number of fused-ring (bicyclic) bond motifs is 2. The molecule has 0 fully saturated rings. The number of nitrogens with one attached hydrogen (secondary N) is 1. The first-order chi connectivity index (χ1) is 15.0. The predicted octanol–water partition coefficient (Wildman–Crippen LogP) is 4.35. The minimum Gasteiger partial charge on any atom is -0.332 e. The van der Waals surface area contributed by atoms with Crippen LogP contribution in [0.25, 0.3) is 27.3 Å². The van der Waals surface area contributed by atoms with Crippen LogP contribution in [0.4, 0.5) is 5.69 Å². The van der Waals surface area contributed by atoms with Crippen molar-refractivity contribution < 1.29 is 4.79 Å². The second-order valence-electron chi connectivity index (χ2n) is 7.23. The van der Waals surface area contributed by atoms with Gasteiger partial charge >= 0.3 is 0 Å². The average molecular weight is 430 g/mol. The fourth-order valence-corrected chi connectivity index (χ4v) is 4.25. The number of nitrogens with zero attached hydrogens (tertiary/aromatic N) is 4. The topological polar surface area (TPSA) is 81.3 Å². The summed E-state index contributed by atoms with van der Waals surface area (Å²) in [6.45, 7) is 4.43. The molecule has 0 unspecified atom stereocenters. The lowest BCUT2D eigenvalue weighted by molar-refractivity contribution is 0.102. The maximum absolute atomic E-state index is 12.9. The van der Waals surface area contributed by atoms with Gasteiger partial charge in [0, 0.05) is 47.5 Å². The maximum atomic E-state index is 12.9. The second kappa shape index (κ2) is 7.48. The molecule has 4 aromatic heterocycles. The Bertz CT molecular complexity index is 1470. The van der Waals surface area contributed by atoms with Crippen LogP contribution in [0.2, 0.25) is 0 Å². The quantitative estimate of drug-likeness (QED) is 0.460. The van der Waals surface area contributed by atoms with Gasteiger partial charge in [-0.1, -0.05) is 12.1 Å². The monoisotopic (exact) mass is 429 g/mol. The van der Waals surface area contributed by atoms with Crippen LogP contribution in [-0.4, -0.2) is 24.8 Å². The lowest BCUT2D eigenvalue weighted by atomic mass is 10.1. The van der Waals surface area contributed by atoms with Crippen LogP contribution in [0.5, 0.6) is 0 Å². The number of aryl methyl sites for hydroxylation is 2. The first-order valence-electron chi connectivity index (χ1n) is 9.88. The molecule has 0 radical (unpaired) electrons. The van der Waals surface area contributed by atoms with E-state index < -0.39 is 5.91 Å². The molecule has 0 aliphatic rings. The third-order valence-electron chi connectivity index (χ3n) is 5.18. The van der Waals surface area contributed by atoms with Gasteiger partial charge in [-0.15, -0.1) is 11.3 Å². The van der Waals surface area contributed by atoms with E-state index in [1.807, 2.05) is 64.9 Å². The molecule has 0 aliphatic heterocycles. The summed E-state index contributed by atoms with van der Waals surface area (Å²) in [5.74, 6) is -0.440. The van der Waals surface area contributed by atoms with E-state index in [2.05, 4.69) is 15.3 Å². The summed E-state index contributed by atoms with van der Waals surface area (Å²) < 4.78 is 3.80. The number of thiazole rings is 1. The number of anilines is 1. The third kappa shape index (κ3) is 3.40. The number of carbonyl (C=O) groups excluding carboxylic acids is 1. The van der Waals surface area contributed by atoms with Gasteiger partial charge in [-0.05, 0) is 38.1 Å². The molecule has 8 heteroatoms. The van der Waals surface area contributed by atoms with E-state index in [-0.39, 0.29) is 11.0 Å². The van der Waals surface area contributed by atoms with Crippen molar-refractivity contribution >= 4 is 38.9 Å². The van der Waals surface area contributed by atoms with Crippen molar-refractivity contribution in [2.45, 2.75) is 20.4 Å². The number of amides is 1. The minimum absolute atomic E-state index is 0.0958. The largest absolute Gasteiger partial charge is 0.332 e. The summed E-state index contributed by atoms with van der Waals surface area (Å²) in [4.78, 5) is 35.8. The van der Waals surface area contributed by atoms with Gasteiger partial charge in [0.2, 0.25) is 5.43 Å². The normalized spacial score (nSPS) is 11.3. The van der Waals surface area contributed by atoms with Crippen molar-refractivity contribution in [1.82, 2.24) is 18.9 Å². The molecular formula is C23H19N5O2S. The van der Waals surface area contributed by atoms with Crippen LogP contribution in [0.1, 0.15) is 23.0 Å². The van der Waals surface area contributed by atoms with Gasteiger partial charge in [0.05, 0.1) is 11.1 Å². The summed E-state index contributed by atoms with van der Waals surface area (Å²) in [6, 6.07) is 10.9. The molecule has 0 bridgehead atoms. The zero-order valence-electron chi connectivity index (χ0n) is 17.0. The van der Waals surface area contributed by atoms with Crippen molar-refractivity contribution in [3.8, 4) is 11.3 Å². The maximum Gasteiger partial charge on any atom is 0.261 e. The molecule has 0 aliphatic carbocycles. The fraction of sp³-hybridized carbons (Fsp3) is 0.130. The molecule has 0 atom stereocenters. The lowest BCUT2D eigenvalue weighted by Crippen LogP contribution is -2.24. The molecule has 154 valence electrons. The molecule has 0 saturated heterocycles. The standard InChI is InChI=1S/C23H19N5O2S/c1-3-27-12-18(20(29)17-9-4-14(2)24-21(17)27)22(30)25-16-7-5-15(6-8-16)19-13-28-10-11-31-23(28)26-19/h4-13H,3H2,1-2H3,(H,25,30). The molecule has 0 saturated carbocycles. The average Bonchev–Trinajstić information content (AvgIpc) is 3.37. The highest BCUT2D eigenvalue weighted by atomic mass is 32.1. The van der Waals surface area contributed by atoms with Crippen molar-refractivity contribution in [1.29, 1.82) is 0 Å². The van der Waals surface area contributed by atoms with E-state index in [1.165, 1.54) is 0 Å². The number of aromatic nitrogens is 4. The number of benzene rings is 1. The van der Waals surface area contributed by atoms with Crippen LogP contribution >= 0.6 is 11.3 Å². The Labute approximate surface area is 181 Å². The molecule has 1 aromatic carbocycles. The summed E-state index contributed by atoms with van der Waals surface area (Å²) in [5.41, 5.74) is 3.62. The van der Waals surface area contributed by atoms with E-state index in [4.69, 9.17) is 0 Å². The highest BCUT2D eigenvalue weighted by Gasteiger charge is 2.16. The number of imidazole rings is 1. The number of carbonyl (C=O) groups is 1. The SMILES string of the molecule is CCn1cc(C(=O)Nc2ccc(-c3cn4ccsc4n3)cc2)c(=O)c2ccc(C)nc21. The predicted molar refractivity (Wildman–Crippen MR) is 123 cm³/mol. The van der Waals surface area contributed by atoms with Gasteiger partial charge in [-0.3, -0.25) is 14.0 Å². The molecule has 1 N–H and O–H groups in total. The second-order valence-corrected chi connectivity index (χ2v) is 8.11. The Kier molecular flexibility index (Phi) is 4.63. The number of hydrogen-bond donors (Lipinski definition) is 1. The molecule has 4 heterocycles. The molecule has 5 aromatic rings. The molecule has 7 nitrogen and oxygen atoms in total. The Balaban J connectivity index is 1.44. The summed E-state index contributed by atoms with van der Waals surface area (Å²) in [5, 5.41) is 5.26. The van der Waals surface area contributed by atoms with Crippen molar-refractivity contribution in [3.05, 3.63) is 81.8 Å². The Morgan fingerprint density at radius 1 is 1.10 bits per heavy atom. The van der Waals surface area contributed by atoms with Crippen LogP contribution in [-0.2, 0) is 6.54 Å². The van der Waals surface area contributed by atoms with E-state index in [0.717, 1.165) is 21.9 Å². The molecule has 0 spiro atoms. The lowest BCUT2D eigenvalue weighted by Gasteiger charge is -2.12. The van der Waals surface area contributed by atoms with Gasteiger partial charge in [0.1, 0.15) is 11.2 Å². The fourth-order valence-electron chi connectivity index (χ4n) is 3.55. The first kappa shape index (κ1) is 19.2. The summed E-state index contributed by atoms with van der Waals surface area (Å²) >= 11 is 1.58. The number of hydrogen-bond acceptors (Lipinski definition) is 5. The molecular weight excluding hydrogens is 410 g/mol. The Morgan fingerprint density at radius 2 is 1.90 bits per heavy atom. The number of rotatable bonds is 4. The van der Waals surface area contributed by atoms with Crippen LogP contribution in [0, 0.1) is 6.92 Å². The summed E-state index contributed by atoms with van der Waals surface area (Å²) in [6.07, 6.45) is 5.52. The van der Waals surface area contributed by atoms with E-state index in [9.17, 15) is 9.59 Å². The van der Waals surface area contributed by atoms with Gasteiger partial charge in [0.15, 0.2) is 4.96 Å². The highest BCUT2D eigenvalue weighted by Crippen LogP contribution is 2.23. The van der Waals surface area contributed by atoms with Crippen molar-refractivity contribution in [3.63, 3.8) is 0 Å². The smallest absolute Gasteiger partial charge is 0.261 e. The van der Waals surface area contributed by atoms with Crippen LogP contribution in [0.3, 0.4) is 0 Å². The van der Waals surface area contributed by atoms with Gasteiger partial charge in [-0.25, -0.2) is 9.97 Å². The highest BCUT2D eigenvalue weighted by molar-refractivity contribution is 7.15. The number of pyridine rings is 2.